The Bertz CT molecular complexity index is 782. The summed E-state index contributed by atoms with van der Waals surface area (Å²) >= 11 is 4.90. The van der Waals surface area contributed by atoms with Crippen LogP contribution in [-0.2, 0) is 12.8 Å². The van der Waals surface area contributed by atoms with Gasteiger partial charge < -0.3 is 8.98 Å². The van der Waals surface area contributed by atoms with Gasteiger partial charge in [0.05, 0.1) is 0 Å². The van der Waals surface area contributed by atoms with E-state index in [1.165, 1.54) is 24.1 Å². The fourth-order valence-corrected chi connectivity index (χ4v) is 3.17. The number of H-pyrrole nitrogens is 1. The van der Waals surface area contributed by atoms with Crippen molar-refractivity contribution in [3.05, 3.63) is 32.5 Å². The lowest BCUT2D eigenvalue weighted by Crippen LogP contribution is -2.27. The van der Waals surface area contributed by atoms with E-state index in [9.17, 15) is 4.79 Å². The van der Waals surface area contributed by atoms with Crippen LogP contribution in [0.5, 0.6) is 0 Å². The summed E-state index contributed by atoms with van der Waals surface area (Å²) in [6.07, 6.45) is 6.58. The molecule has 0 spiro atoms. The molecule has 0 unspecified atom stereocenters. The highest BCUT2D eigenvalue weighted by Crippen LogP contribution is 2.37. The van der Waals surface area contributed by atoms with Crippen molar-refractivity contribution in [3.63, 3.8) is 0 Å². The number of nitrogens with zero attached hydrogens (tertiary/aromatic N) is 2. The summed E-state index contributed by atoms with van der Waals surface area (Å²) in [4.78, 5) is 13.0. The first-order chi connectivity index (χ1) is 9.74. The summed E-state index contributed by atoms with van der Waals surface area (Å²) < 4.78 is 7.31. The molecular formula is C14H15N3O2S. The smallest absolute Gasteiger partial charge is 0.284 e. The molecule has 2 heterocycles. The number of aryl methyl sites for hydroxylation is 1. The minimum absolute atomic E-state index is 0.0124. The highest BCUT2D eigenvalue weighted by molar-refractivity contribution is 7.71. The average Bonchev–Trinajstić information content (AvgIpc) is 3.19. The van der Waals surface area contributed by atoms with Gasteiger partial charge in [0.1, 0.15) is 5.56 Å². The molecule has 0 radical (unpaired) electrons. The third-order valence-electron chi connectivity index (χ3n) is 4.12. The predicted molar refractivity (Wildman–Crippen MR) is 76.3 cm³/mol. The molecule has 5 nitrogen and oxygen atoms in total. The lowest BCUT2D eigenvalue weighted by atomic mass is 9.94. The molecule has 0 atom stereocenters. The zero-order chi connectivity index (χ0) is 13.7. The fraction of sp³-hybridized carbons (Fsp3) is 0.500. The molecule has 4 rings (SSSR count). The van der Waals surface area contributed by atoms with E-state index in [1.807, 2.05) is 10.6 Å². The lowest BCUT2D eigenvalue weighted by molar-refractivity contribution is 0.545. The molecule has 0 amide bonds. The summed E-state index contributed by atoms with van der Waals surface area (Å²) in [5.74, 6) is 0.308. The minimum Gasteiger partial charge on any atom is -0.409 e. The number of rotatable bonds is 2. The number of pyridine rings is 1. The van der Waals surface area contributed by atoms with Gasteiger partial charge in [0.2, 0.25) is 0 Å². The first-order valence-corrected chi connectivity index (χ1v) is 7.48. The maximum atomic E-state index is 12.7. The quantitative estimate of drug-likeness (QED) is 0.863. The standard InChI is InChI=1S/C14H15N3O2S/c18-13-10(12-15-16-14(20)19-12)7-8-3-1-2-4-11(8)17(13)9-5-6-9/h7,9H,1-6H2,(H,16,20). The minimum atomic E-state index is 0.0124. The molecule has 2 aromatic rings. The van der Waals surface area contributed by atoms with Gasteiger partial charge in [-0.1, -0.05) is 0 Å². The Labute approximate surface area is 120 Å². The van der Waals surface area contributed by atoms with Crippen LogP contribution in [0.3, 0.4) is 0 Å². The molecule has 104 valence electrons. The van der Waals surface area contributed by atoms with Gasteiger partial charge >= 0.3 is 0 Å². The first-order valence-electron chi connectivity index (χ1n) is 7.07. The Morgan fingerprint density at radius 3 is 2.85 bits per heavy atom. The van der Waals surface area contributed by atoms with Crippen molar-refractivity contribution in [2.24, 2.45) is 0 Å². The fourth-order valence-electron chi connectivity index (χ4n) is 3.05. The number of fused-ring (bicyclic) bond motifs is 1. The van der Waals surface area contributed by atoms with Crippen molar-refractivity contribution in [2.45, 2.75) is 44.6 Å². The van der Waals surface area contributed by atoms with Gasteiger partial charge in [-0.2, -0.15) is 0 Å². The van der Waals surface area contributed by atoms with Gasteiger partial charge in [0, 0.05) is 11.7 Å². The molecule has 6 heteroatoms. The second kappa shape index (κ2) is 4.41. The topological polar surface area (TPSA) is 63.8 Å². The van der Waals surface area contributed by atoms with E-state index in [-0.39, 0.29) is 10.4 Å². The Morgan fingerprint density at radius 2 is 2.15 bits per heavy atom. The highest BCUT2D eigenvalue weighted by atomic mass is 32.1. The summed E-state index contributed by atoms with van der Waals surface area (Å²) in [5, 5.41) is 6.60. The number of aromatic amines is 1. The molecule has 1 fully saturated rings. The summed E-state index contributed by atoms with van der Waals surface area (Å²) in [7, 11) is 0. The van der Waals surface area contributed by atoms with Gasteiger partial charge in [-0.15, -0.1) is 5.10 Å². The van der Waals surface area contributed by atoms with Crippen LogP contribution in [0.1, 0.15) is 43.0 Å². The molecule has 0 aromatic carbocycles. The van der Waals surface area contributed by atoms with E-state index in [0.29, 0.717) is 17.5 Å². The van der Waals surface area contributed by atoms with Crippen molar-refractivity contribution in [1.29, 1.82) is 0 Å². The van der Waals surface area contributed by atoms with E-state index in [0.717, 1.165) is 25.7 Å². The maximum absolute atomic E-state index is 12.7. The summed E-state index contributed by atoms with van der Waals surface area (Å²) in [6.45, 7) is 0. The zero-order valence-electron chi connectivity index (χ0n) is 11.0. The second-order valence-corrected chi connectivity index (χ2v) is 5.93. The number of nitrogens with one attached hydrogen (secondary N) is 1. The van der Waals surface area contributed by atoms with E-state index in [1.54, 1.807) is 0 Å². The van der Waals surface area contributed by atoms with Gasteiger partial charge in [-0.3, -0.25) is 4.79 Å². The normalized spacial score (nSPS) is 18.0. The molecule has 1 saturated carbocycles. The molecule has 20 heavy (non-hydrogen) atoms. The zero-order valence-corrected chi connectivity index (χ0v) is 11.8. The second-order valence-electron chi connectivity index (χ2n) is 5.56. The largest absolute Gasteiger partial charge is 0.409 e. The molecule has 2 aliphatic carbocycles. The monoisotopic (exact) mass is 289 g/mol. The Morgan fingerprint density at radius 1 is 1.35 bits per heavy atom. The van der Waals surface area contributed by atoms with Crippen molar-refractivity contribution >= 4 is 12.2 Å². The Hall–Kier alpha value is -1.69. The van der Waals surface area contributed by atoms with E-state index in [4.69, 9.17) is 16.6 Å². The Kier molecular flexibility index (Phi) is 2.66. The van der Waals surface area contributed by atoms with Crippen LogP contribution in [0.4, 0.5) is 0 Å². The molecule has 0 saturated heterocycles. The van der Waals surface area contributed by atoms with Crippen LogP contribution in [0.25, 0.3) is 11.5 Å². The van der Waals surface area contributed by atoms with Gasteiger partial charge in [-0.05, 0) is 62.4 Å². The molecule has 2 aromatic heterocycles. The third kappa shape index (κ3) is 1.86. The van der Waals surface area contributed by atoms with Crippen LogP contribution in [0.2, 0.25) is 0 Å². The number of aromatic nitrogens is 3. The maximum Gasteiger partial charge on any atom is 0.284 e. The van der Waals surface area contributed by atoms with Crippen LogP contribution >= 0.6 is 12.2 Å². The lowest BCUT2D eigenvalue weighted by Gasteiger charge is -2.21. The molecule has 0 bridgehead atoms. The van der Waals surface area contributed by atoms with Crippen molar-refractivity contribution in [2.75, 3.05) is 0 Å². The van der Waals surface area contributed by atoms with Crippen LogP contribution in [0.15, 0.2) is 15.3 Å². The van der Waals surface area contributed by atoms with Crippen molar-refractivity contribution in [3.8, 4) is 11.5 Å². The van der Waals surface area contributed by atoms with Crippen LogP contribution in [-0.4, -0.2) is 14.8 Å². The van der Waals surface area contributed by atoms with Gasteiger partial charge in [0.25, 0.3) is 16.3 Å². The van der Waals surface area contributed by atoms with Gasteiger partial charge in [-0.25, -0.2) is 5.10 Å². The average molecular weight is 289 g/mol. The highest BCUT2D eigenvalue weighted by Gasteiger charge is 2.30. The molecular weight excluding hydrogens is 274 g/mol. The predicted octanol–water partition coefficient (Wildman–Crippen LogP) is 2.77. The summed E-state index contributed by atoms with van der Waals surface area (Å²) in [5.41, 5.74) is 3.03. The van der Waals surface area contributed by atoms with E-state index >= 15 is 0 Å². The van der Waals surface area contributed by atoms with E-state index < -0.39 is 0 Å². The SMILES string of the molecule is O=c1c(-c2n[nH]c(=S)o2)cc2c(n1C1CC1)CCCC2. The van der Waals surface area contributed by atoms with Crippen molar-refractivity contribution in [1.82, 2.24) is 14.8 Å². The van der Waals surface area contributed by atoms with E-state index in [2.05, 4.69) is 10.2 Å². The van der Waals surface area contributed by atoms with Crippen LogP contribution < -0.4 is 5.56 Å². The molecule has 2 aliphatic rings. The van der Waals surface area contributed by atoms with Crippen molar-refractivity contribution < 1.29 is 4.42 Å². The molecule has 0 aliphatic heterocycles. The van der Waals surface area contributed by atoms with Gasteiger partial charge in [0.15, 0.2) is 0 Å². The number of hydrogen-bond acceptors (Lipinski definition) is 4. The first kappa shape index (κ1) is 12.1. The Balaban J connectivity index is 1.98. The number of hydrogen-bond donors (Lipinski definition) is 1. The van der Waals surface area contributed by atoms with Crippen LogP contribution in [0, 0.1) is 4.84 Å². The summed E-state index contributed by atoms with van der Waals surface area (Å²) in [6, 6.07) is 2.32. The molecule has 1 N–H and O–H groups in total. The third-order valence-corrected chi connectivity index (χ3v) is 4.29.